The maximum atomic E-state index is 10.6. The molecule has 7 heteroatoms. The molecule has 0 unspecified atom stereocenters. The van der Waals surface area contributed by atoms with E-state index in [0.717, 1.165) is 51.1 Å². The molecule has 0 radical (unpaired) electrons. The lowest BCUT2D eigenvalue weighted by Gasteiger charge is -2.43. The molecule has 1 heterocycles. The molecule has 2 fully saturated rings. The molecule has 1 aromatic rings. The van der Waals surface area contributed by atoms with Crippen molar-refractivity contribution in [3.8, 4) is 0 Å². The van der Waals surface area contributed by atoms with Crippen LogP contribution >= 0.6 is 23.2 Å². The fourth-order valence-corrected chi connectivity index (χ4v) is 4.34. The average molecular weight is 386 g/mol. The summed E-state index contributed by atoms with van der Waals surface area (Å²) in [6.45, 7) is 6.25. The summed E-state index contributed by atoms with van der Waals surface area (Å²) in [6.07, 6.45) is 2.18. The lowest BCUT2D eigenvalue weighted by atomic mass is 9.78. The van der Waals surface area contributed by atoms with Crippen LogP contribution in [0.15, 0.2) is 18.2 Å². The second-order valence-corrected chi connectivity index (χ2v) is 7.97. The molecule has 1 saturated heterocycles. The van der Waals surface area contributed by atoms with Crippen molar-refractivity contribution in [1.29, 1.82) is 0 Å². The van der Waals surface area contributed by atoms with E-state index in [1.165, 1.54) is 0 Å². The lowest BCUT2D eigenvalue weighted by molar-refractivity contribution is 0.147. The Kier molecular flexibility index (Phi) is 5.97. The molecular weight excluding hydrogens is 361 g/mol. The molecule has 0 spiro atoms. The number of nitrogens with zero attached hydrogens (tertiary/aromatic N) is 2. The Balaban J connectivity index is 1.45. The second kappa shape index (κ2) is 8.02. The first-order chi connectivity index (χ1) is 11.9. The van der Waals surface area contributed by atoms with Gasteiger partial charge in [-0.25, -0.2) is 4.79 Å². The molecule has 25 heavy (non-hydrogen) atoms. The average Bonchev–Trinajstić information content (AvgIpc) is 2.52. The molecular formula is C18H25Cl2N3O2. The van der Waals surface area contributed by atoms with Crippen LogP contribution in [-0.2, 0) is 0 Å². The topological polar surface area (TPSA) is 55.8 Å². The van der Waals surface area contributed by atoms with Crippen molar-refractivity contribution in [3.05, 3.63) is 28.2 Å². The molecule has 1 aliphatic heterocycles. The van der Waals surface area contributed by atoms with Crippen molar-refractivity contribution in [2.24, 2.45) is 5.92 Å². The molecule has 138 valence electrons. The van der Waals surface area contributed by atoms with Crippen molar-refractivity contribution >= 4 is 35.0 Å². The van der Waals surface area contributed by atoms with Gasteiger partial charge in [-0.15, -0.1) is 0 Å². The van der Waals surface area contributed by atoms with E-state index < -0.39 is 6.09 Å². The molecule has 1 aromatic carbocycles. The second-order valence-electron chi connectivity index (χ2n) is 7.19. The SMILES string of the molecule is C[C@@H]1CN(CCC2CC(NC(=O)O)C2)CCN1c1cccc(Cl)c1Cl. The number of hydrogen-bond donors (Lipinski definition) is 2. The van der Waals surface area contributed by atoms with Crippen molar-refractivity contribution in [2.45, 2.75) is 38.3 Å². The fourth-order valence-electron chi connectivity index (χ4n) is 3.94. The van der Waals surface area contributed by atoms with Gasteiger partial charge in [0.2, 0.25) is 0 Å². The van der Waals surface area contributed by atoms with Crippen molar-refractivity contribution in [3.63, 3.8) is 0 Å². The Morgan fingerprint density at radius 1 is 1.32 bits per heavy atom. The lowest BCUT2D eigenvalue weighted by Crippen LogP contribution is -2.53. The number of halogens is 2. The van der Waals surface area contributed by atoms with E-state index in [0.29, 0.717) is 22.0 Å². The number of nitrogens with one attached hydrogen (secondary N) is 1. The van der Waals surface area contributed by atoms with Crippen LogP contribution in [-0.4, -0.2) is 54.4 Å². The van der Waals surface area contributed by atoms with Gasteiger partial charge in [-0.3, -0.25) is 4.90 Å². The van der Waals surface area contributed by atoms with E-state index in [4.69, 9.17) is 28.3 Å². The summed E-state index contributed by atoms with van der Waals surface area (Å²) in [4.78, 5) is 15.4. The zero-order valence-corrected chi connectivity index (χ0v) is 15.9. The maximum Gasteiger partial charge on any atom is 0.404 e. The van der Waals surface area contributed by atoms with E-state index in [9.17, 15) is 4.79 Å². The van der Waals surface area contributed by atoms with Gasteiger partial charge in [-0.05, 0) is 50.8 Å². The van der Waals surface area contributed by atoms with E-state index in [2.05, 4.69) is 22.0 Å². The van der Waals surface area contributed by atoms with Crippen LogP contribution in [0, 0.1) is 5.92 Å². The minimum Gasteiger partial charge on any atom is -0.465 e. The summed E-state index contributed by atoms with van der Waals surface area (Å²) < 4.78 is 0. The third kappa shape index (κ3) is 4.52. The summed E-state index contributed by atoms with van der Waals surface area (Å²) in [5.74, 6) is 0.646. The zero-order valence-electron chi connectivity index (χ0n) is 14.4. The molecule has 1 saturated carbocycles. The van der Waals surface area contributed by atoms with E-state index in [-0.39, 0.29) is 6.04 Å². The van der Waals surface area contributed by atoms with E-state index in [1.54, 1.807) is 0 Å². The highest BCUT2D eigenvalue weighted by Crippen LogP contribution is 2.35. The number of hydrogen-bond acceptors (Lipinski definition) is 3. The summed E-state index contributed by atoms with van der Waals surface area (Å²) in [7, 11) is 0. The van der Waals surface area contributed by atoms with Crippen molar-refractivity contribution in [1.82, 2.24) is 10.2 Å². The third-order valence-corrected chi connectivity index (χ3v) is 6.18. The molecule has 1 atom stereocenters. The minimum atomic E-state index is -0.909. The Bertz CT molecular complexity index is 622. The largest absolute Gasteiger partial charge is 0.465 e. The van der Waals surface area contributed by atoms with Crippen LogP contribution in [0.4, 0.5) is 10.5 Å². The molecule has 2 aliphatic rings. The van der Waals surface area contributed by atoms with Gasteiger partial charge in [0, 0.05) is 31.7 Å². The molecule has 1 aliphatic carbocycles. The van der Waals surface area contributed by atoms with Gasteiger partial charge in [0.1, 0.15) is 0 Å². The monoisotopic (exact) mass is 385 g/mol. The summed E-state index contributed by atoms with van der Waals surface area (Å²) in [5.41, 5.74) is 1.02. The predicted molar refractivity (Wildman–Crippen MR) is 102 cm³/mol. The third-order valence-electron chi connectivity index (χ3n) is 5.37. The number of amides is 1. The Labute approximate surface area is 158 Å². The Morgan fingerprint density at radius 2 is 2.08 bits per heavy atom. The summed E-state index contributed by atoms with van der Waals surface area (Å²) in [5, 5.41) is 12.5. The smallest absolute Gasteiger partial charge is 0.404 e. The highest BCUT2D eigenvalue weighted by molar-refractivity contribution is 6.43. The summed E-state index contributed by atoms with van der Waals surface area (Å²) >= 11 is 12.5. The number of carboxylic acid groups (broad SMARTS) is 1. The zero-order chi connectivity index (χ0) is 18.0. The minimum absolute atomic E-state index is 0.156. The number of carbonyl (C=O) groups is 1. The molecule has 3 rings (SSSR count). The number of benzene rings is 1. The van der Waals surface area contributed by atoms with Gasteiger partial charge in [0.05, 0.1) is 15.7 Å². The first kappa shape index (κ1) is 18.6. The van der Waals surface area contributed by atoms with Gasteiger partial charge in [-0.1, -0.05) is 29.3 Å². The number of rotatable bonds is 5. The highest BCUT2D eigenvalue weighted by Gasteiger charge is 2.31. The number of piperazine rings is 1. The van der Waals surface area contributed by atoms with Gasteiger partial charge >= 0.3 is 6.09 Å². The molecule has 0 bridgehead atoms. The molecule has 1 amide bonds. The highest BCUT2D eigenvalue weighted by atomic mass is 35.5. The van der Waals surface area contributed by atoms with Crippen molar-refractivity contribution < 1.29 is 9.90 Å². The maximum absolute atomic E-state index is 10.6. The van der Waals surface area contributed by atoms with Crippen LogP contribution < -0.4 is 10.2 Å². The Hall–Kier alpha value is -1.17. The van der Waals surface area contributed by atoms with Crippen LogP contribution in [0.1, 0.15) is 26.2 Å². The molecule has 5 nitrogen and oxygen atoms in total. The molecule has 0 aromatic heterocycles. The summed E-state index contributed by atoms with van der Waals surface area (Å²) in [6, 6.07) is 6.33. The first-order valence-corrected chi connectivity index (χ1v) is 9.62. The Morgan fingerprint density at radius 3 is 2.76 bits per heavy atom. The standard InChI is InChI=1S/C18H25Cl2N3O2/c1-12-11-22(6-5-13-9-14(10-13)21-18(24)25)7-8-23(12)16-4-2-3-15(19)17(16)20/h2-4,12-14,21H,5-11H2,1H3,(H,24,25)/t12-,13?,14?/m1/s1. The predicted octanol–water partition coefficient (Wildman–Crippen LogP) is 3.94. The fraction of sp³-hybridized carbons (Fsp3) is 0.611. The van der Waals surface area contributed by atoms with Crippen LogP contribution in [0.5, 0.6) is 0 Å². The van der Waals surface area contributed by atoms with Gasteiger partial charge in [0.25, 0.3) is 0 Å². The first-order valence-electron chi connectivity index (χ1n) is 8.86. The normalized spacial score (nSPS) is 27.0. The van der Waals surface area contributed by atoms with Gasteiger partial charge in [-0.2, -0.15) is 0 Å². The quantitative estimate of drug-likeness (QED) is 0.805. The van der Waals surface area contributed by atoms with Gasteiger partial charge in [0.15, 0.2) is 0 Å². The van der Waals surface area contributed by atoms with E-state index >= 15 is 0 Å². The van der Waals surface area contributed by atoms with Crippen molar-refractivity contribution in [2.75, 3.05) is 31.1 Å². The van der Waals surface area contributed by atoms with Crippen LogP contribution in [0.3, 0.4) is 0 Å². The van der Waals surface area contributed by atoms with Gasteiger partial charge < -0.3 is 15.3 Å². The molecule has 2 N–H and O–H groups in total. The number of anilines is 1. The van der Waals surface area contributed by atoms with Crippen LogP contribution in [0.25, 0.3) is 0 Å². The van der Waals surface area contributed by atoms with Crippen LogP contribution in [0.2, 0.25) is 10.0 Å². The van der Waals surface area contributed by atoms with E-state index in [1.807, 2.05) is 18.2 Å².